The fourth-order valence-corrected chi connectivity index (χ4v) is 4.86. The van der Waals surface area contributed by atoms with Gasteiger partial charge in [-0.05, 0) is 54.9 Å². The van der Waals surface area contributed by atoms with Crippen LogP contribution in [0.4, 0.5) is 0 Å². The van der Waals surface area contributed by atoms with Crippen LogP contribution in [-0.2, 0) is 16.6 Å². The molecule has 0 amide bonds. The van der Waals surface area contributed by atoms with Gasteiger partial charge in [0.15, 0.2) is 0 Å². The van der Waals surface area contributed by atoms with Crippen LogP contribution < -0.4 is 4.72 Å². The van der Waals surface area contributed by atoms with Crippen molar-refractivity contribution in [3.8, 4) is 0 Å². The average molecular weight is 332 g/mol. The predicted molar refractivity (Wildman–Crippen MR) is 83.9 cm³/mol. The highest BCUT2D eigenvalue weighted by Gasteiger charge is 2.34. The van der Waals surface area contributed by atoms with Crippen molar-refractivity contribution < 1.29 is 13.5 Å². The third-order valence-corrected chi connectivity index (χ3v) is 6.05. The summed E-state index contributed by atoms with van der Waals surface area (Å²) in [4.78, 5) is 0.156. The largest absolute Gasteiger partial charge is 0.392 e. The lowest BCUT2D eigenvalue weighted by atomic mass is 9.92. The molecule has 1 saturated carbocycles. The first kappa shape index (κ1) is 16.7. The molecule has 0 heterocycles. The van der Waals surface area contributed by atoms with Crippen LogP contribution in [0.2, 0.25) is 5.02 Å². The van der Waals surface area contributed by atoms with Crippen molar-refractivity contribution in [3.63, 3.8) is 0 Å². The van der Waals surface area contributed by atoms with Gasteiger partial charge in [-0.15, -0.1) is 0 Å². The molecule has 2 N–H and O–H groups in total. The number of rotatable bonds is 4. The van der Waals surface area contributed by atoms with Crippen molar-refractivity contribution in [1.82, 2.24) is 4.72 Å². The maximum atomic E-state index is 12.6. The summed E-state index contributed by atoms with van der Waals surface area (Å²) in [5.74, 6) is 0. The number of hydrogen-bond donors (Lipinski definition) is 2. The number of nitrogens with one attached hydrogen (secondary N) is 1. The molecule has 0 saturated heterocycles. The predicted octanol–water partition coefficient (Wildman–Crippen LogP) is 3.00. The van der Waals surface area contributed by atoms with E-state index in [9.17, 15) is 13.5 Å². The number of aliphatic hydroxyl groups excluding tert-OH is 1. The fourth-order valence-electron chi connectivity index (χ4n) is 2.97. The first-order chi connectivity index (χ1) is 9.64. The Morgan fingerprint density at radius 1 is 1.43 bits per heavy atom. The van der Waals surface area contributed by atoms with Gasteiger partial charge in [0.1, 0.15) is 0 Å². The quantitative estimate of drug-likeness (QED) is 0.891. The van der Waals surface area contributed by atoms with Crippen molar-refractivity contribution in [1.29, 1.82) is 0 Å². The summed E-state index contributed by atoms with van der Waals surface area (Å²) in [5, 5.41) is 9.63. The summed E-state index contributed by atoms with van der Waals surface area (Å²) in [6, 6.07) is 2.99. The minimum Gasteiger partial charge on any atom is -0.392 e. The highest BCUT2D eigenvalue weighted by Crippen LogP contribution is 2.37. The molecule has 1 unspecified atom stereocenters. The fraction of sp³-hybridized carbons (Fsp3) is 0.600. The van der Waals surface area contributed by atoms with Crippen LogP contribution >= 0.6 is 11.6 Å². The van der Waals surface area contributed by atoms with Gasteiger partial charge in [-0.1, -0.05) is 25.4 Å². The third kappa shape index (κ3) is 3.77. The summed E-state index contributed by atoms with van der Waals surface area (Å²) in [7, 11) is -3.63. The number of sulfonamides is 1. The van der Waals surface area contributed by atoms with Crippen molar-refractivity contribution in [2.45, 2.75) is 57.6 Å². The third-order valence-electron chi connectivity index (χ3n) is 4.18. The molecule has 0 radical (unpaired) electrons. The van der Waals surface area contributed by atoms with Crippen LogP contribution in [0.3, 0.4) is 0 Å². The van der Waals surface area contributed by atoms with Crippen LogP contribution in [-0.4, -0.2) is 19.6 Å². The molecular formula is C15H22ClNO3S. The van der Waals surface area contributed by atoms with Crippen LogP contribution in [0.1, 0.15) is 44.2 Å². The minimum absolute atomic E-state index is 0.0408. The molecule has 4 nitrogen and oxygen atoms in total. The molecule has 1 atom stereocenters. The summed E-state index contributed by atoms with van der Waals surface area (Å²) < 4.78 is 28.0. The van der Waals surface area contributed by atoms with Gasteiger partial charge >= 0.3 is 0 Å². The zero-order valence-electron chi connectivity index (χ0n) is 12.6. The van der Waals surface area contributed by atoms with E-state index in [1.807, 2.05) is 0 Å². The summed E-state index contributed by atoms with van der Waals surface area (Å²) >= 11 is 5.97. The van der Waals surface area contributed by atoms with E-state index in [1.54, 1.807) is 13.0 Å². The van der Waals surface area contributed by atoms with E-state index in [0.29, 0.717) is 16.1 Å². The van der Waals surface area contributed by atoms with Gasteiger partial charge < -0.3 is 5.11 Å². The number of hydrogen-bond acceptors (Lipinski definition) is 3. The molecule has 0 bridgehead atoms. The molecule has 1 aromatic carbocycles. The van der Waals surface area contributed by atoms with Crippen LogP contribution in [0.15, 0.2) is 17.0 Å². The minimum atomic E-state index is -3.63. The maximum Gasteiger partial charge on any atom is 0.241 e. The number of aliphatic hydroxyl groups is 1. The molecule has 1 aromatic rings. The van der Waals surface area contributed by atoms with E-state index in [1.165, 1.54) is 6.07 Å². The standard InChI is InChI=1S/C15H22ClNO3S/c1-10-11(9-18)6-12(16)7-14(10)21(19,20)17-13-4-5-15(2,3)8-13/h6-7,13,17-18H,4-5,8-9H2,1-3H3. The monoisotopic (exact) mass is 331 g/mol. The highest BCUT2D eigenvalue weighted by atomic mass is 35.5. The van der Waals surface area contributed by atoms with Gasteiger partial charge in [-0.2, -0.15) is 0 Å². The zero-order chi connectivity index (χ0) is 15.8. The van der Waals surface area contributed by atoms with Crippen molar-refractivity contribution >= 4 is 21.6 Å². The first-order valence-corrected chi connectivity index (χ1v) is 8.93. The molecule has 118 valence electrons. The normalized spacial score (nSPS) is 21.7. The Labute approximate surface area is 131 Å². The Hall–Kier alpha value is -0.620. The molecule has 21 heavy (non-hydrogen) atoms. The molecular weight excluding hydrogens is 310 g/mol. The second kappa shape index (κ2) is 5.88. The van der Waals surface area contributed by atoms with Gasteiger partial charge in [-0.25, -0.2) is 13.1 Å². The lowest BCUT2D eigenvalue weighted by Gasteiger charge is -2.19. The highest BCUT2D eigenvalue weighted by molar-refractivity contribution is 7.89. The summed E-state index contributed by atoms with van der Waals surface area (Å²) in [5.41, 5.74) is 1.26. The molecule has 0 aromatic heterocycles. The lowest BCUT2D eigenvalue weighted by Crippen LogP contribution is -2.34. The zero-order valence-corrected chi connectivity index (χ0v) is 14.2. The van der Waals surface area contributed by atoms with Gasteiger partial charge in [-0.3, -0.25) is 0 Å². The van der Waals surface area contributed by atoms with Crippen LogP contribution in [0.25, 0.3) is 0 Å². The number of halogens is 1. The average Bonchev–Trinajstić information content (AvgIpc) is 2.70. The Morgan fingerprint density at radius 2 is 2.10 bits per heavy atom. The Balaban J connectivity index is 2.30. The van der Waals surface area contributed by atoms with Crippen molar-refractivity contribution in [3.05, 3.63) is 28.3 Å². The van der Waals surface area contributed by atoms with Gasteiger partial charge in [0, 0.05) is 11.1 Å². The number of benzene rings is 1. The van der Waals surface area contributed by atoms with E-state index in [4.69, 9.17) is 11.6 Å². The van der Waals surface area contributed by atoms with Crippen molar-refractivity contribution in [2.75, 3.05) is 0 Å². The molecule has 1 aliphatic carbocycles. The van der Waals surface area contributed by atoms with Gasteiger partial charge in [0.05, 0.1) is 11.5 Å². The van der Waals surface area contributed by atoms with Crippen LogP contribution in [0, 0.1) is 12.3 Å². The van der Waals surface area contributed by atoms with E-state index in [-0.39, 0.29) is 23.0 Å². The molecule has 0 aliphatic heterocycles. The van der Waals surface area contributed by atoms with Gasteiger partial charge in [0.2, 0.25) is 10.0 Å². The molecule has 0 spiro atoms. The second-order valence-electron chi connectivity index (χ2n) is 6.57. The second-order valence-corrected chi connectivity index (χ2v) is 8.69. The van der Waals surface area contributed by atoms with Gasteiger partial charge in [0.25, 0.3) is 0 Å². The Kier molecular flexibility index (Phi) is 4.69. The summed E-state index contributed by atoms with van der Waals surface area (Å²) in [6.45, 7) is 5.76. The van der Waals surface area contributed by atoms with E-state index >= 15 is 0 Å². The van der Waals surface area contributed by atoms with Crippen LogP contribution in [0.5, 0.6) is 0 Å². The SMILES string of the molecule is Cc1c(CO)cc(Cl)cc1S(=O)(=O)NC1CCC(C)(C)C1. The van der Waals surface area contributed by atoms with E-state index < -0.39 is 10.0 Å². The van der Waals surface area contributed by atoms with Crippen molar-refractivity contribution in [2.24, 2.45) is 5.41 Å². The topological polar surface area (TPSA) is 66.4 Å². The smallest absolute Gasteiger partial charge is 0.241 e. The molecule has 1 fully saturated rings. The van der Waals surface area contributed by atoms with E-state index in [2.05, 4.69) is 18.6 Å². The molecule has 1 aliphatic rings. The van der Waals surface area contributed by atoms with E-state index in [0.717, 1.165) is 19.3 Å². The lowest BCUT2D eigenvalue weighted by molar-refractivity contribution is 0.280. The first-order valence-electron chi connectivity index (χ1n) is 7.07. The molecule has 2 rings (SSSR count). The Morgan fingerprint density at radius 3 is 2.62 bits per heavy atom. The summed E-state index contributed by atoms with van der Waals surface area (Å²) in [6.07, 6.45) is 2.69. The maximum absolute atomic E-state index is 12.6. The Bertz CT molecular complexity index is 641. The molecule has 6 heteroatoms.